The maximum Gasteiger partial charge on any atom is 0.167 e. The van der Waals surface area contributed by atoms with Crippen molar-refractivity contribution in [1.29, 1.82) is 0 Å². The minimum absolute atomic E-state index is 0.232. The van der Waals surface area contributed by atoms with Gasteiger partial charge < -0.3 is 31.2 Å². The van der Waals surface area contributed by atoms with Gasteiger partial charge in [0.2, 0.25) is 0 Å². The van der Waals surface area contributed by atoms with E-state index in [-0.39, 0.29) is 5.82 Å². The van der Waals surface area contributed by atoms with Gasteiger partial charge in [0.1, 0.15) is 30.3 Å². The number of nitrogens with zero attached hydrogens (tertiary/aromatic N) is 4. The molecule has 0 aliphatic carbocycles. The molecule has 1 aliphatic heterocycles. The molecule has 1 aliphatic rings. The Morgan fingerprint density at radius 3 is 2.92 bits per heavy atom. The second kappa shape index (κ2) is 7.62. The monoisotopic (exact) mass is 368 g/mol. The molecule has 0 aromatic carbocycles. The molecule has 25 heavy (non-hydrogen) atoms. The fourth-order valence-corrected chi connectivity index (χ4v) is 3.75. The molecule has 1 fully saturated rings. The number of carbonyl (C=O) groups excluding carboxylic acids is 1. The molecule has 1 saturated heterocycles. The smallest absolute Gasteiger partial charge is 0.167 e. The number of nitrogen functional groups attached to an aromatic ring is 1. The summed E-state index contributed by atoms with van der Waals surface area (Å²) in [7, 11) is 0. The van der Waals surface area contributed by atoms with Crippen molar-refractivity contribution in [2.24, 2.45) is 5.73 Å². The summed E-state index contributed by atoms with van der Waals surface area (Å²) in [6.45, 7) is 0. The predicted molar refractivity (Wildman–Crippen MR) is 91.6 cm³/mol. The molecular weight excluding hydrogens is 348 g/mol. The van der Waals surface area contributed by atoms with E-state index in [2.05, 4.69) is 15.0 Å². The van der Waals surface area contributed by atoms with Crippen LogP contribution in [-0.2, 0) is 9.53 Å². The maximum absolute atomic E-state index is 10.5. The molecule has 5 atom stereocenters. The van der Waals surface area contributed by atoms with Crippen LogP contribution in [0.1, 0.15) is 12.6 Å². The lowest BCUT2D eigenvalue weighted by molar-refractivity contribution is -0.108. The summed E-state index contributed by atoms with van der Waals surface area (Å²) in [6, 6.07) is -0.484. The molecule has 0 unspecified atom stereocenters. The first-order valence-electron chi connectivity index (χ1n) is 7.76. The van der Waals surface area contributed by atoms with E-state index in [4.69, 9.17) is 16.2 Å². The SMILES string of the molecule is Nc1ncnc2c1ncn2[C@@H]1O[C@H](CSCC[C@H](N)C=O)[C@@H](O)[C@H]1O. The molecule has 6 N–H and O–H groups in total. The largest absolute Gasteiger partial charge is 0.387 e. The fraction of sp³-hybridized carbons (Fsp3) is 0.571. The van der Waals surface area contributed by atoms with Gasteiger partial charge in [-0.2, -0.15) is 11.8 Å². The molecule has 0 saturated carbocycles. The molecule has 0 spiro atoms. The van der Waals surface area contributed by atoms with Crippen molar-refractivity contribution in [3.63, 3.8) is 0 Å². The Morgan fingerprint density at radius 1 is 1.36 bits per heavy atom. The van der Waals surface area contributed by atoms with Crippen LogP contribution in [-0.4, -0.2) is 71.9 Å². The first-order valence-corrected chi connectivity index (χ1v) is 8.91. The summed E-state index contributed by atoms with van der Waals surface area (Å²) >= 11 is 1.50. The number of anilines is 1. The molecule has 0 radical (unpaired) electrons. The van der Waals surface area contributed by atoms with Crippen molar-refractivity contribution in [2.75, 3.05) is 17.2 Å². The molecule has 0 bridgehead atoms. The fourth-order valence-electron chi connectivity index (χ4n) is 2.64. The molecule has 11 heteroatoms. The van der Waals surface area contributed by atoms with E-state index in [1.807, 2.05) is 0 Å². The minimum Gasteiger partial charge on any atom is -0.387 e. The summed E-state index contributed by atoms with van der Waals surface area (Å²) < 4.78 is 7.35. The van der Waals surface area contributed by atoms with Crippen molar-refractivity contribution in [2.45, 2.75) is 37.0 Å². The number of thioether (sulfide) groups is 1. The summed E-state index contributed by atoms with van der Waals surface area (Å²) in [6.07, 6.45) is 0.452. The number of hydrogen-bond acceptors (Lipinski definition) is 10. The van der Waals surface area contributed by atoms with Gasteiger partial charge in [-0.05, 0) is 12.2 Å². The minimum atomic E-state index is -1.13. The van der Waals surface area contributed by atoms with Gasteiger partial charge >= 0.3 is 0 Å². The summed E-state index contributed by atoms with van der Waals surface area (Å²) in [5, 5.41) is 20.6. The van der Waals surface area contributed by atoms with Gasteiger partial charge in [-0.15, -0.1) is 0 Å². The number of imidazole rings is 1. The average molecular weight is 368 g/mol. The Balaban J connectivity index is 1.67. The normalized spacial score (nSPS) is 27.6. The third kappa shape index (κ3) is 3.60. The number of aliphatic hydroxyl groups excluding tert-OH is 2. The van der Waals surface area contributed by atoms with Crippen LogP contribution in [0.4, 0.5) is 5.82 Å². The van der Waals surface area contributed by atoms with Crippen LogP contribution >= 0.6 is 11.8 Å². The van der Waals surface area contributed by atoms with Gasteiger partial charge in [0.05, 0.1) is 18.5 Å². The molecular formula is C14H20N6O4S. The Bertz CT molecular complexity index is 743. The van der Waals surface area contributed by atoms with Crippen LogP contribution in [0.5, 0.6) is 0 Å². The third-order valence-corrected chi connectivity index (χ3v) is 5.14. The van der Waals surface area contributed by atoms with Gasteiger partial charge in [-0.1, -0.05) is 0 Å². The molecule has 10 nitrogen and oxygen atoms in total. The van der Waals surface area contributed by atoms with E-state index in [0.717, 1.165) is 0 Å². The highest BCUT2D eigenvalue weighted by Crippen LogP contribution is 2.33. The zero-order chi connectivity index (χ0) is 18.0. The van der Waals surface area contributed by atoms with Gasteiger partial charge in [-0.25, -0.2) is 15.0 Å². The third-order valence-electron chi connectivity index (χ3n) is 4.05. The van der Waals surface area contributed by atoms with Crippen molar-refractivity contribution >= 4 is 35.0 Å². The standard InChI is InChI=1S/C14H20N6O4S/c15-7(3-21)1-2-25-4-8-10(22)11(23)14(24-8)20-6-19-9-12(16)17-5-18-13(9)20/h3,5-8,10-11,14,22-23H,1-2,4,15H2,(H2,16,17,18)/t7-,8+,10+,11+,14+/m0/s1. The molecule has 3 rings (SSSR count). The van der Waals surface area contributed by atoms with E-state index in [9.17, 15) is 15.0 Å². The van der Waals surface area contributed by atoms with Crippen molar-refractivity contribution in [3.05, 3.63) is 12.7 Å². The Kier molecular flexibility index (Phi) is 5.49. The predicted octanol–water partition coefficient (Wildman–Crippen LogP) is -1.32. The van der Waals surface area contributed by atoms with Gasteiger partial charge in [0.25, 0.3) is 0 Å². The number of aldehydes is 1. The summed E-state index contributed by atoms with van der Waals surface area (Å²) in [5.41, 5.74) is 12.1. The molecule has 2 aromatic heterocycles. The number of rotatable bonds is 7. The number of aliphatic hydroxyl groups is 2. The first kappa shape index (κ1) is 18.0. The number of carbonyl (C=O) groups is 1. The highest BCUT2D eigenvalue weighted by molar-refractivity contribution is 7.99. The lowest BCUT2D eigenvalue weighted by atomic mass is 10.1. The van der Waals surface area contributed by atoms with Crippen molar-refractivity contribution in [3.8, 4) is 0 Å². The van der Waals surface area contributed by atoms with Crippen molar-refractivity contribution in [1.82, 2.24) is 19.5 Å². The summed E-state index contributed by atoms with van der Waals surface area (Å²) in [4.78, 5) is 22.6. The molecule has 2 aromatic rings. The number of hydrogen-bond donors (Lipinski definition) is 4. The lowest BCUT2D eigenvalue weighted by Gasteiger charge is -2.16. The number of ether oxygens (including phenoxy) is 1. The Morgan fingerprint density at radius 2 is 2.16 bits per heavy atom. The highest BCUT2D eigenvalue weighted by atomic mass is 32.2. The quantitative estimate of drug-likeness (QED) is 0.340. The number of fused-ring (bicyclic) bond motifs is 1. The highest BCUT2D eigenvalue weighted by Gasteiger charge is 2.44. The van der Waals surface area contributed by atoms with E-state index in [1.54, 1.807) is 0 Å². The Labute approximate surface area is 147 Å². The Hall–Kier alpha value is -1.79. The van der Waals surface area contributed by atoms with Crippen molar-refractivity contribution < 1.29 is 19.7 Å². The second-order valence-corrected chi connectivity index (χ2v) is 6.94. The van der Waals surface area contributed by atoms with Crippen LogP contribution in [0.3, 0.4) is 0 Å². The first-order chi connectivity index (χ1) is 12.0. The van der Waals surface area contributed by atoms with Crippen LogP contribution in [0, 0.1) is 0 Å². The topological polar surface area (TPSA) is 162 Å². The van der Waals surface area contributed by atoms with Crippen LogP contribution in [0.2, 0.25) is 0 Å². The van der Waals surface area contributed by atoms with E-state index < -0.39 is 30.6 Å². The molecule has 136 valence electrons. The lowest BCUT2D eigenvalue weighted by Crippen LogP contribution is -2.32. The molecule has 3 heterocycles. The number of nitrogens with two attached hydrogens (primary N) is 2. The number of aromatic nitrogens is 4. The van der Waals surface area contributed by atoms with E-state index in [1.165, 1.54) is 29.0 Å². The van der Waals surface area contributed by atoms with E-state index >= 15 is 0 Å². The zero-order valence-electron chi connectivity index (χ0n) is 13.3. The zero-order valence-corrected chi connectivity index (χ0v) is 14.1. The van der Waals surface area contributed by atoms with Crippen LogP contribution < -0.4 is 11.5 Å². The van der Waals surface area contributed by atoms with Crippen LogP contribution in [0.15, 0.2) is 12.7 Å². The molecule has 0 amide bonds. The van der Waals surface area contributed by atoms with Gasteiger partial charge in [0, 0.05) is 5.75 Å². The maximum atomic E-state index is 10.5. The summed E-state index contributed by atoms with van der Waals surface area (Å²) in [5.74, 6) is 1.35. The van der Waals surface area contributed by atoms with Crippen LogP contribution in [0.25, 0.3) is 11.2 Å². The second-order valence-electron chi connectivity index (χ2n) is 5.79. The average Bonchev–Trinajstić information content (AvgIpc) is 3.15. The van der Waals surface area contributed by atoms with E-state index in [0.29, 0.717) is 35.4 Å². The van der Waals surface area contributed by atoms with Gasteiger partial charge in [-0.3, -0.25) is 4.57 Å². The van der Waals surface area contributed by atoms with Gasteiger partial charge in [0.15, 0.2) is 17.7 Å².